The molecule has 0 atom stereocenters. The first-order valence-electron chi connectivity index (χ1n) is 5.48. The molecule has 100 valence electrons. The van der Waals surface area contributed by atoms with Crippen LogP contribution >= 0.6 is 0 Å². The number of aryl methyl sites for hydroxylation is 1. The third-order valence-electron chi connectivity index (χ3n) is 2.66. The molecule has 1 aromatic heterocycles. The van der Waals surface area contributed by atoms with Crippen LogP contribution in [0.1, 0.15) is 16.2 Å². The fourth-order valence-electron chi connectivity index (χ4n) is 1.56. The van der Waals surface area contributed by atoms with E-state index in [0.717, 1.165) is 6.07 Å². The molecule has 7 heteroatoms. The van der Waals surface area contributed by atoms with Crippen LogP contribution in [0, 0.1) is 11.6 Å². The number of hydrogen-bond acceptors (Lipinski definition) is 3. The molecule has 19 heavy (non-hydrogen) atoms. The largest absolute Gasteiger partial charge is 0.396 e. The van der Waals surface area contributed by atoms with Crippen LogP contribution in [0.15, 0.2) is 24.5 Å². The van der Waals surface area contributed by atoms with E-state index in [-0.39, 0.29) is 17.8 Å². The Hall–Kier alpha value is -2.44. The first-order valence-corrected chi connectivity index (χ1v) is 5.48. The Balaban J connectivity index is 2.12. The predicted molar refractivity (Wildman–Crippen MR) is 65.1 cm³/mol. The molecule has 0 radical (unpaired) electrons. The maximum atomic E-state index is 13.4. The van der Waals surface area contributed by atoms with Gasteiger partial charge in [0.1, 0.15) is 17.5 Å². The summed E-state index contributed by atoms with van der Waals surface area (Å²) in [6.07, 6.45) is 3.30. The lowest BCUT2D eigenvalue weighted by atomic mass is 10.1. The molecule has 0 aliphatic carbocycles. The van der Waals surface area contributed by atoms with Gasteiger partial charge < -0.3 is 15.6 Å². The maximum absolute atomic E-state index is 13.4. The molecule has 0 fully saturated rings. The Morgan fingerprint density at radius 1 is 1.42 bits per heavy atom. The molecule has 0 aliphatic heterocycles. The van der Waals surface area contributed by atoms with Crippen LogP contribution in [0.5, 0.6) is 0 Å². The van der Waals surface area contributed by atoms with E-state index in [2.05, 4.69) is 10.3 Å². The van der Waals surface area contributed by atoms with E-state index in [1.165, 1.54) is 0 Å². The van der Waals surface area contributed by atoms with Gasteiger partial charge in [-0.15, -0.1) is 0 Å². The highest BCUT2D eigenvalue weighted by molar-refractivity contribution is 5.95. The molecule has 1 heterocycles. The Morgan fingerprint density at radius 2 is 2.16 bits per heavy atom. The number of nitrogens with zero attached hydrogens (tertiary/aromatic N) is 2. The predicted octanol–water partition coefficient (Wildman–Crippen LogP) is 1.21. The quantitative estimate of drug-likeness (QED) is 0.820. The van der Waals surface area contributed by atoms with E-state index in [9.17, 15) is 13.6 Å². The minimum Gasteiger partial charge on any atom is -0.396 e. The second kappa shape index (κ2) is 5.05. The lowest BCUT2D eigenvalue weighted by molar-refractivity contribution is 0.0945. The van der Waals surface area contributed by atoms with E-state index in [1.54, 1.807) is 24.0 Å². The van der Waals surface area contributed by atoms with Gasteiger partial charge in [-0.3, -0.25) is 4.79 Å². The van der Waals surface area contributed by atoms with Crippen molar-refractivity contribution >= 4 is 11.6 Å². The standard InChI is InChI=1S/C12H12F2N4O/c1-18-3-2-16-11(18)6-17-12(19)7-4-10(15)9(14)5-8(7)13/h2-5H,6,15H2,1H3,(H,17,19). The first kappa shape index (κ1) is 13.0. The van der Waals surface area contributed by atoms with Gasteiger partial charge in [0, 0.05) is 25.5 Å². The van der Waals surface area contributed by atoms with E-state index in [0.29, 0.717) is 11.9 Å². The fraction of sp³-hybridized carbons (Fsp3) is 0.167. The van der Waals surface area contributed by atoms with E-state index >= 15 is 0 Å². The number of benzene rings is 1. The Kier molecular flexibility index (Phi) is 3.46. The van der Waals surface area contributed by atoms with E-state index < -0.39 is 17.5 Å². The average molecular weight is 266 g/mol. The summed E-state index contributed by atoms with van der Waals surface area (Å²) in [5.41, 5.74) is 4.73. The molecule has 1 amide bonds. The Bertz CT molecular complexity index is 624. The molecule has 3 N–H and O–H groups in total. The number of rotatable bonds is 3. The molecule has 0 spiro atoms. The minimum atomic E-state index is -0.955. The van der Waals surface area contributed by atoms with Crippen molar-refractivity contribution < 1.29 is 13.6 Å². The van der Waals surface area contributed by atoms with Crippen molar-refractivity contribution in [2.75, 3.05) is 5.73 Å². The number of hydrogen-bond donors (Lipinski definition) is 2. The number of halogens is 2. The van der Waals surface area contributed by atoms with Gasteiger partial charge in [0.2, 0.25) is 0 Å². The summed E-state index contributed by atoms with van der Waals surface area (Å²) in [5, 5.41) is 2.49. The number of carbonyl (C=O) groups is 1. The zero-order chi connectivity index (χ0) is 14.0. The molecule has 0 aliphatic rings. The molecule has 5 nitrogen and oxygen atoms in total. The number of nitrogens with one attached hydrogen (secondary N) is 1. The third-order valence-corrected chi connectivity index (χ3v) is 2.66. The van der Waals surface area contributed by atoms with Gasteiger partial charge in [-0.1, -0.05) is 0 Å². The monoisotopic (exact) mass is 266 g/mol. The number of imidazole rings is 1. The topological polar surface area (TPSA) is 72.9 Å². The summed E-state index contributed by atoms with van der Waals surface area (Å²) >= 11 is 0. The zero-order valence-corrected chi connectivity index (χ0v) is 10.2. The second-order valence-corrected chi connectivity index (χ2v) is 3.99. The lowest BCUT2D eigenvalue weighted by Crippen LogP contribution is -2.25. The van der Waals surface area contributed by atoms with Crippen LogP contribution in [0.3, 0.4) is 0 Å². The van der Waals surface area contributed by atoms with Crippen molar-refractivity contribution in [2.45, 2.75) is 6.54 Å². The lowest BCUT2D eigenvalue weighted by Gasteiger charge is -2.07. The molecule has 2 aromatic rings. The van der Waals surface area contributed by atoms with Crippen molar-refractivity contribution in [1.82, 2.24) is 14.9 Å². The van der Waals surface area contributed by atoms with Crippen molar-refractivity contribution in [3.8, 4) is 0 Å². The van der Waals surface area contributed by atoms with Crippen LogP contribution in [-0.2, 0) is 13.6 Å². The summed E-state index contributed by atoms with van der Waals surface area (Å²) in [4.78, 5) is 15.8. The van der Waals surface area contributed by atoms with Crippen LogP contribution in [-0.4, -0.2) is 15.5 Å². The SMILES string of the molecule is Cn1ccnc1CNC(=O)c1cc(N)c(F)cc1F. The molecular formula is C12H12F2N4O. The van der Waals surface area contributed by atoms with Crippen LogP contribution < -0.4 is 11.1 Å². The second-order valence-electron chi connectivity index (χ2n) is 3.99. The van der Waals surface area contributed by atoms with Crippen molar-refractivity contribution in [2.24, 2.45) is 7.05 Å². The van der Waals surface area contributed by atoms with Gasteiger partial charge in [0.05, 0.1) is 17.8 Å². The molecule has 1 aromatic carbocycles. The number of amides is 1. The summed E-state index contributed by atoms with van der Waals surface area (Å²) in [5.74, 6) is -1.90. The van der Waals surface area contributed by atoms with Crippen molar-refractivity contribution in [3.05, 3.63) is 47.5 Å². The third kappa shape index (κ3) is 2.70. The molecule has 2 rings (SSSR count). The maximum Gasteiger partial charge on any atom is 0.254 e. The van der Waals surface area contributed by atoms with E-state index in [1.807, 2.05) is 0 Å². The van der Waals surface area contributed by atoms with Gasteiger partial charge in [0.25, 0.3) is 5.91 Å². The van der Waals surface area contributed by atoms with Gasteiger partial charge in [-0.2, -0.15) is 0 Å². The molecule has 0 unspecified atom stereocenters. The fourth-order valence-corrected chi connectivity index (χ4v) is 1.56. The smallest absolute Gasteiger partial charge is 0.254 e. The molecule has 0 saturated heterocycles. The molecule has 0 bridgehead atoms. The number of nitrogens with two attached hydrogens (primary N) is 1. The Labute approximate surface area is 108 Å². The summed E-state index contributed by atoms with van der Waals surface area (Å²) in [6, 6.07) is 1.56. The van der Waals surface area contributed by atoms with Crippen LogP contribution in [0.25, 0.3) is 0 Å². The summed E-state index contributed by atoms with van der Waals surface area (Å²) in [6.45, 7) is 0.138. The van der Waals surface area contributed by atoms with Crippen LogP contribution in [0.2, 0.25) is 0 Å². The van der Waals surface area contributed by atoms with Gasteiger partial charge >= 0.3 is 0 Å². The average Bonchev–Trinajstić information content (AvgIpc) is 2.76. The van der Waals surface area contributed by atoms with Gasteiger partial charge in [-0.25, -0.2) is 13.8 Å². The number of nitrogen functional groups attached to an aromatic ring is 1. The number of aromatic nitrogens is 2. The van der Waals surface area contributed by atoms with Gasteiger partial charge in [-0.05, 0) is 6.07 Å². The molecule has 0 saturated carbocycles. The minimum absolute atomic E-state index is 0.138. The summed E-state index contributed by atoms with van der Waals surface area (Å²) < 4.78 is 28.1. The van der Waals surface area contributed by atoms with Crippen molar-refractivity contribution in [3.63, 3.8) is 0 Å². The van der Waals surface area contributed by atoms with Crippen molar-refractivity contribution in [1.29, 1.82) is 0 Å². The van der Waals surface area contributed by atoms with Crippen LogP contribution in [0.4, 0.5) is 14.5 Å². The highest BCUT2D eigenvalue weighted by Crippen LogP contribution is 2.16. The highest BCUT2D eigenvalue weighted by Gasteiger charge is 2.15. The normalized spacial score (nSPS) is 10.5. The van der Waals surface area contributed by atoms with E-state index in [4.69, 9.17) is 5.73 Å². The first-order chi connectivity index (χ1) is 8.99. The highest BCUT2D eigenvalue weighted by atomic mass is 19.1. The number of carbonyl (C=O) groups excluding carboxylic acids is 1. The number of anilines is 1. The summed E-state index contributed by atoms with van der Waals surface area (Å²) in [7, 11) is 1.77. The zero-order valence-electron chi connectivity index (χ0n) is 10.2. The Morgan fingerprint density at radius 3 is 2.79 bits per heavy atom. The molecular weight excluding hydrogens is 254 g/mol. The van der Waals surface area contributed by atoms with Gasteiger partial charge in [0.15, 0.2) is 0 Å².